The topological polar surface area (TPSA) is 79.2 Å². The molecule has 0 aliphatic heterocycles. The Morgan fingerprint density at radius 2 is 1.89 bits per heavy atom. The number of hydrogen-bond donors (Lipinski definition) is 2. The van der Waals surface area contributed by atoms with Gasteiger partial charge in [0.2, 0.25) is 12.3 Å². The van der Waals surface area contributed by atoms with Crippen molar-refractivity contribution in [3.8, 4) is 0 Å². The molecule has 0 atom stereocenters. The lowest BCUT2D eigenvalue weighted by Gasteiger charge is -2.15. The Labute approximate surface area is 166 Å². The van der Waals surface area contributed by atoms with Gasteiger partial charge in [0.05, 0.1) is 17.1 Å². The molecule has 0 radical (unpaired) electrons. The normalized spacial score (nSPS) is 10.3. The van der Waals surface area contributed by atoms with Crippen LogP contribution in [-0.2, 0) is 22.6 Å². The minimum atomic E-state index is -0.756. The summed E-state index contributed by atoms with van der Waals surface area (Å²) in [5, 5.41) is 1.50. The van der Waals surface area contributed by atoms with E-state index in [1.807, 2.05) is 12.1 Å². The number of halogens is 3. The number of para-hydroxylation sites is 1. The van der Waals surface area contributed by atoms with E-state index >= 15 is 0 Å². The van der Waals surface area contributed by atoms with Crippen LogP contribution >= 0.6 is 11.6 Å². The molecule has 2 aromatic carbocycles. The molecule has 0 aliphatic carbocycles. The second-order valence-corrected chi connectivity index (χ2v) is 6.29. The Kier molecular flexibility index (Phi) is 7.66. The maximum Gasteiger partial charge on any atom is 0.229 e. The molecule has 0 spiro atoms. The van der Waals surface area contributed by atoms with Gasteiger partial charge in [-0.05, 0) is 42.8 Å². The molecule has 0 fully saturated rings. The summed E-state index contributed by atoms with van der Waals surface area (Å²) in [7, 11) is 1.50. The van der Waals surface area contributed by atoms with Crippen LogP contribution in [0.2, 0.25) is 5.02 Å². The van der Waals surface area contributed by atoms with E-state index in [1.54, 1.807) is 12.3 Å². The lowest BCUT2D eigenvalue weighted by molar-refractivity contribution is -0.138. The molecule has 148 valence electrons. The highest BCUT2D eigenvalue weighted by Crippen LogP contribution is 2.26. The van der Waals surface area contributed by atoms with Gasteiger partial charge in [-0.3, -0.25) is 14.5 Å². The number of benzene rings is 2. The molecule has 3 aromatic rings. The minimum absolute atomic E-state index is 0.0794. The number of H-pyrrole nitrogens is 1. The van der Waals surface area contributed by atoms with E-state index in [4.69, 9.17) is 11.6 Å². The van der Waals surface area contributed by atoms with Crippen LogP contribution in [0.5, 0.6) is 0 Å². The molecule has 3 rings (SSSR count). The number of nitrogens with one attached hydrogen (secondary N) is 1. The number of aromatic nitrogens is 1. The van der Waals surface area contributed by atoms with Crippen molar-refractivity contribution >= 4 is 34.8 Å². The molecule has 2 amide bonds. The van der Waals surface area contributed by atoms with E-state index in [0.29, 0.717) is 17.9 Å². The molecule has 0 saturated heterocycles. The molecule has 1 aromatic heterocycles. The third-order valence-electron chi connectivity index (χ3n) is 4.08. The molecule has 28 heavy (non-hydrogen) atoms. The van der Waals surface area contributed by atoms with Gasteiger partial charge in [0, 0.05) is 24.1 Å². The number of nitrogens with two attached hydrogens (primary N) is 1. The number of imide groups is 1. The number of nitrogens with zero attached hydrogens (tertiary/aromatic N) is 1. The predicted molar refractivity (Wildman–Crippen MR) is 105 cm³/mol. The van der Waals surface area contributed by atoms with Crippen LogP contribution in [0.15, 0.2) is 42.6 Å². The van der Waals surface area contributed by atoms with Crippen LogP contribution in [0.1, 0.15) is 17.5 Å². The standard InChI is InChI=1S/C19H15ClF2N2O2.CH5N/c20-17-3-1-2-16-13(9-23-19(16)17)4-5-18(26)24(11-25)10-12-6-14(21)8-15(22)7-12;1-2/h1-3,6-9,11,23H,4-5,10H2;2H2,1H3. The number of aryl methyl sites for hydroxylation is 1. The molecule has 8 heteroatoms. The summed E-state index contributed by atoms with van der Waals surface area (Å²) in [6.07, 6.45) is 2.63. The number of hydrogen-bond acceptors (Lipinski definition) is 3. The van der Waals surface area contributed by atoms with E-state index in [1.165, 1.54) is 7.05 Å². The van der Waals surface area contributed by atoms with Crippen molar-refractivity contribution in [1.82, 2.24) is 9.88 Å². The Bertz CT molecular complexity index is 955. The van der Waals surface area contributed by atoms with E-state index < -0.39 is 17.5 Å². The van der Waals surface area contributed by atoms with Crippen LogP contribution in [0.25, 0.3) is 10.9 Å². The summed E-state index contributed by atoms with van der Waals surface area (Å²) < 4.78 is 26.5. The monoisotopic (exact) mass is 407 g/mol. The van der Waals surface area contributed by atoms with E-state index in [0.717, 1.165) is 39.6 Å². The zero-order chi connectivity index (χ0) is 20.7. The van der Waals surface area contributed by atoms with Crippen molar-refractivity contribution < 1.29 is 18.4 Å². The lowest BCUT2D eigenvalue weighted by Crippen LogP contribution is -2.29. The summed E-state index contributed by atoms with van der Waals surface area (Å²) in [4.78, 5) is 27.5. The molecule has 0 bridgehead atoms. The van der Waals surface area contributed by atoms with Gasteiger partial charge in [0.15, 0.2) is 0 Å². The van der Waals surface area contributed by atoms with Crippen LogP contribution in [0.4, 0.5) is 8.78 Å². The summed E-state index contributed by atoms with van der Waals surface area (Å²) in [5.41, 5.74) is 6.40. The van der Waals surface area contributed by atoms with Crippen molar-refractivity contribution in [2.75, 3.05) is 7.05 Å². The molecule has 0 unspecified atom stereocenters. The average Bonchev–Trinajstić information content (AvgIpc) is 3.09. The van der Waals surface area contributed by atoms with E-state index in [-0.39, 0.29) is 18.5 Å². The van der Waals surface area contributed by atoms with Gasteiger partial charge in [-0.2, -0.15) is 0 Å². The van der Waals surface area contributed by atoms with Crippen molar-refractivity contribution in [2.45, 2.75) is 19.4 Å². The van der Waals surface area contributed by atoms with Crippen LogP contribution in [0.3, 0.4) is 0 Å². The fraction of sp³-hybridized carbons (Fsp3) is 0.200. The van der Waals surface area contributed by atoms with Gasteiger partial charge < -0.3 is 10.7 Å². The van der Waals surface area contributed by atoms with Crippen molar-refractivity contribution in [3.05, 3.63) is 70.4 Å². The fourth-order valence-electron chi connectivity index (χ4n) is 2.85. The van der Waals surface area contributed by atoms with Crippen molar-refractivity contribution in [1.29, 1.82) is 0 Å². The van der Waals surface area contributed by atoms with Crippen LogP contribution in [-0.4, -0.2) is 29.2 Å². The Morgan fingerprint density at radius 1 is 1.21 bits per heavy atom. The predicted octanol–water partition coefficient (Wildman–Crippen LogP) is 3.79. The average molecular weight is 408 g/mol. The molecular weight excluding hydrogens is 388 g/mol. The molecule has 0 saturated carbocycles. The number of carbonyl (C=O) groups excluding carboxylic acids is 2. The third-order valence-corrected chi connectivity index (χ3v) is 4.40. The first kappa shape index (κ1) is 21.5. The van der Waals surface area contributed by atoms with Gasteiger partial charge in [-0.25, -0.2) is 8.78 Å². The molecule has 3 N–H and O–H groups in total. The summed E-state index contributed by atoms with van der Waals surface area (Å²) in [6, 6.07) is 8.40. The molecular formula is C20H20ClF2N3O2. The number of carbonyl (C=O) groups is 2. The smallest absolute Gasteiger partial charge is 0.229 e. The fourth-order valence-corrected chi connectivity index (χ4v) is 3.08. The first-order valence-electron chi connectivity index (χ1n) is 8.50. The number of aromatic amines is 1. The summed E-state index contributed by atoms with van der Waals surface area (Å²) in [5.74, 6) is -1.94. The van der Waals surface area contributed by atoms with Gasteiger partial charge in [-0.1, -0.05) is 23.7 Å². The van der Waals surface area contributed by atoms with Gasteiger partial charge in [0.1, 0.15) is 11.6 Å². The van der Waals surface area contributed by atoms with E-state index in [9.17, 15) is 18.4 Å². The largest absolute Gasteiger partial charge is 0.360 e. The maximum absolute atomic E-state index is 13.3. The van der Waals surface area contributed by atoms with Crippen molar-refractivity contribution in [2.24, 2.45) is 5.73 Å². The lowest BCUT2D eigenvalue weighted by atomic mass is 10.1. The maximum atomic E-state index is 13.3. The molecule has 0 aliphatic rings. The number of fused-ring (bicyclic) bond motifs is 1. The zero-order valence-corrected chi connectivity index (χ0v) is 16.0. The highest BCUT2D eigenvalue weighted by Gasteiger charge is 2.15. The summed E-state index contributed by atoms with van der Waals surface area (Å²) in [6.45, 7) is -0.184. The van der Waals surface area contributed by atoms with Gasteiger partial charge in [-0.15, -0.1) is 0 Å². The SMILES string of the molecule is CN.O=CN(Cc1cc(F)cc(F)c1)C(=O)CCc1c[nH]c2c(Cl)cccc12. The van der Waals surface area contributed by atoms with Gasteiger partial charge >= 0.3 is 0 Å². The summed E-state index contributed by atoms with van der Waals surface area (Å²) >= 11 is 6.11. The zero-order valence-electron chi connectivity index (χ0n) is 15.2. The first-order valence-corrected chi connectivity index (χ1v) is 8.87. The second kappa shape index (κ2) is 9.96. The number of rotatable bonds is 6. The highest BCUT2D eigenvalue weighted by molar-refractivity contribution is 6.35. The Balaban J connectivity index is 0.00000136. The number of amides is 2. The molecule has 5 nitrogen and oxygen atoms in total. The Morgan fingerprint density at radius 3 is 2.54 bits per heavy atom. The quantitative estimate of drug-likeness (QED) is 0.610. The van der Waals surface area contributed by atoms with E-state index in [2.05, 4.69) is 10.7 Å². The van der Waals surface area contributed by atoms with Crippen LogP contribution in [0, 0.1) is 11.6 Å². The minimum Gasteiger partial charge on any atom is -0.360 e. The first-order chi connectivity index (χ1) is 13.5. The van der Waals surface area contributed by atoms with Crippen molar-refractivity contribution in [3.63, 3.8) is 0 Å². The van der Waals surface area contributed by atoms with Gasteiger partial charge in [0.25, 0.3) is 0 Å². The third kappa shape index (κ3) is 5.15. The highest BCUT2D eigenvalue weighted by atomic mass is 35.5. The second-order valence-electron chi connectivity index (χ2n) is 5.88. The molecule has 1 heterocycles. The van der Waals surface area contributed by atoms with Crippen LogP contribution < -0.4 is 5.73 Å². The Hall–Kier alpha value is -2.77.